The van der Waals surface area contributed by atoms with E-state index in [-0.39, 0.29) is 30.4 Å². The predicted octanol–water partition coefficient (Wildman–Crippen LogP) is 5.57. The van der Waals surface area contributed by atoms with Crippen LogP contribution in [0.5, 0.6) is 0 Å². The Morgan fingerprint density at radius 1 is 1.14 bits per heavy atom. The van der Waals surface area contributed by atoms with Gasteiger partial charge in [0.2, 0.25) is 0 Å². The number of esters is 2. The molecular formula is C31H34O5. The molecule has 5 heteroatoms. The lowest BCUT2D eigenvalue weighted by molar-refractivity contribution is -0.135. The molecule has 1 aromatic rings. The molecule has 1 N–H and O–H groups in total. The first-order valence-corrected chi connectivity index (χ1v) is 13.5. The lowest BCUT2D eigenvalue weighted by Crippen LogP contribution is -2.50. The van der Waals surface area contributed by atoms with Crippen LogP contribution in [0.4, 0.5) is 0 Å². The van der Waals surface area contributed by atoms with Crippen molar-refractivity contribution in [3.05, 3.63) is 82.4 Å². The molecule has 1 aromatic carbocycles. The molecule has 5 unspecified atom stereocenters. The summed E-state index contributed by atoms with van der Waals surface area (Å²) in [6.07, 6.45) is 13.2. The minimum Gasteiger partial charge on any atom is -0.427 e. The molecule has 1 saturated heterocycles. The van der Waals surface area contributed by atoms with Gasteiger partial charge in [0.05, 0.1) is 5.41 Å². The first-order chi connectivity index (χ1) is 17.6. The number of aliphatic hydroxyl groups is 1. The number of carbonyl (C=O) groups is 2. The summed E-state index contributed by atoms with van der Waals surface area (Å²) >= 11 is 0. The first kappa shape index (κ1) is 23.5. The van der Waals surface area contributed by atoms with Crippen molar-refractivity contribution in [2.24, 2.45) is 29.1 Å². The lowest BCUT2D eigenvalue weighted by atomic mass is 9.46. The molecule has 6 aliphatic rings. The van der Waals surface area contributed by atoms with E-state index in [1.165, 1.54) is 5.56 Å². The van der Waals surface area contributed by atoms with Crippen LogP contribution in [0.1, 0.15) is 57.4 Å². The summed E-state index contributed by atoms with van der Waals surface area (Å²) in [5, 5.41) is 9.82. The van der Waals surface area contributed by atoms with E-state index in [1.54, 1.807) is 0 Å². The van der Waals surface area contributed by atoms with Crippen molar-refractivity contribution >= 4 is 11.9 Å². The van der Waals surface area contributed by atoms with E-state index in [4.69, 9.17) is 9.47 Å². The van der Waals surface area contributed by atoms with Crippen molar-refractivity contribution in [3.63, 3.8) is 0 Å². The Labute approximate surface area is 212 Å². The number of unbranched alkanes of at least 4 members (excludes halogenated alkanes) is 1. The number of benzene rings is 1. The molecule has 36 heavy (non-hydrogen) atoms. The summed E-state index contributed by atoms with van der Waals surface area (Å²) in [5.41, 5.74) is 3.14. The molecule has 188 valence electrons. The monoisotopic (exact) mass is 486 g/mol. The van der Waals surface area contributed by atoms with Gasteiger partial charge in [-0.15, -0.1) is 0 Å². The largest absolute Gasteiger partial charge is 0.427 e. The van der Waals surface area contributed by atoms with Gasteiger partial charge < -0.3 is 14.6 Å². The Morgan fingerprint density at radius 2 is 1.97 bits per heavy atom. The third-order valence-corrected chi connectivity index (χ3v) is 9.03. The molecule has 4 aliphatic carbocycles. The Hall–Kier alpha value is -2.92. The van der Waals surface area contributed by atoms with E-state index in [0.29, 0.717) is 24.0 Å². The fourth-order valence-electron chi connectivity index (χ4n) is 7.51. The molecule has 1 saturated carbocycles. The second-order valence-electron chi connectivity index (χ2n) is 11.0. The van der Waals surface area contributed by atoms with Crippen LogP contribution in [0.3, 0.4) is 0 Å². The van der Waals surface area contributed by atoms with Crippen molar-refractivity contribution < 1.29 is 24.2 Å². The maximum Gasteiger partial charge on any atom is 0.340 e. The fraction of sp³-hybridized carbons (Fsp3) is 0.484. The van der Waals surface area contributed by atoms with Gasteiger partial charge in [0.25, 0.3) is 0 Å². The lowest BCUT2D eigenvalue weighted by Gasteiger charge is -2.54. The fourth-order valence-corrected chi connectivity index (χ4v) is 7.51. The standard InChI is InChI=1S/C31H34O5/c1-2-3-9-25-23-11-10-22-21-12-14-31(28(22)27(23)30(34)35-25)24(18-21)29(33)36-26(31)17-20(13-15-32)16-19-7-5-4-6-8-19/h4-9,17-18,20-22,28,32H,2-3,10-16H2,1H3. The second-order valence-corrected chi connectivity index (χ2v) is 11.0. The molecule has 2 fully saturated rings. The number of rotatable bonds is 7. The van der Waals surface area contributed by atoms with Gasteiger partial charge in [-0.1, -0.05) is 49.8 Å². The van der Waals surface area contributed by atoms with Crippen LogP contribution in [-0.4, -0.2) is 23.7 Å². The molecule has 2 aliphatic heterocycles. The third kappa shape index (κ3) is 3.54. The van der Waals surface area contributed by atoms with Gasteiger partial charge >= 0.3 is 11.9 Å². The number of hydrogen-bond donors (Lipinski definition) is 1. The van der Waals surface area contributed by atoms with E-state index in [0.717, 1.165) is 67.4 Å². The molecule has 0 aromatic heterocycles. The molecule has 7 rings (SSSR count). The topological polar surface area (TPSA) is 72.8 Å². The van der Waals surface area contributed by atoms with Gasteiger partial charge in [-0.25, -0.2) is 9.59 Å². The molecule has 5 nitrogen and oxygen atoms in total. The zero-order valence-electron chi connectivity index (χ0n) is 20.9. The van der Waals surface area contributed by atoms with Gasteiger partial charge in [0.1, 0.15) is 11.5 Å². The minimum absolute atomic E-state index is 0.0274. The molecule has 2 heterocycles. The zero-order chi connectivity index (χ0) is 24.9. The van der Waals surface area contributed by atoms with E-state index < -0.39 is 5.41 Å². The first-order valence-electron chi connectivity index (χ1n) is 13.5. The number of ether oxygens (including phenoxy) is 2. The van der Waals surface area contributed by atoms with Crippen LogP contribution in [0.2, 0.25) is 0 Å². The van der Waals surface area contributed by atoms with Gasteiger partial charge in [-0.2, -0.15) is 0 Å². The third-order valence-electron chi connectivity index (χ3n) is 9.03. The summed E-state index contributed by atoms with van der Waals surface area (Å²) in [7, 11) is 0. The Kier molecular flexibility index (Phi) is 5.99. The van der Waals surface area contributed by atoms with E-state index in [2.05, 4.69) is 37.3 Å². The number of fused-ring (bicyclic) bond motifs is 1. The smallest absolute Gasteiger partial charge is 0.340 e. The van der Waals surface area contributed by atoms with Crippen LogP contribution >= 0.6 is 0 Å². The maximum absolute atomic E-state index is 13.3. The van der Waals surface area contributed by atoms with E-state index >= 15 is 0 Å². The minimum atomic E-state index is -0.610. The zero-order valence-corrected chi connectivity index (χ0v) is 20.9. The maximum atomic E-state index is 13.3. The van der Waals surface area contributed by atoms with Crippen LogP contribution < -0.4 is 0 Å². The van der Waals surface area contributed by atoms with E-state index in [9.17, 15) is 14.7 Å². The van der Waals surface area contributed by atoms with Crippen molar-refractivity contribution in [2.75, 3.05) is 6.61 Å². The normalized spacial score (nSPS) is 33.3. The van der Waals surface area contributed by atoms with Gasteiger partial charge in [0.15, 0.2) is 0 Å². The van der Waals surface area contributed by atoms with Crippen molar-refractivity contribution in [2.45, 2.75) is 58.3 Å². The number of aliphatic hydroxyl groups excluding tert-OH is 1. The summed E-state index contributed by atoms with van der Waals surface area (Å²) in [6, 6.07) is 10.2. The number of carbonyl (C=O) groups excluding carboxylic acids is 2. The summed E-state index contributed by atoms with van der Waals surface area (Å²) < 4.78 is 11.9. The highest BCUT2D eigenvalue weighted by molar-refractivity contribution is 5.99. The highest BCUT2D eigenvalue weighted by atomic mass is 16.5. The molecule has 5 atom stereocenters. The Morgan fingerprint density at radius 3 is 2.75 bits per heavy atom. The van der Waals surface area contributed by atoms with Crippen LogP contribution in [0.25, 0.3) is 0 Å². The number of cyclic esters (lactones) is 2. The van der Waals surface area contributed by atoms with Crippen molar-refractivity contribution in [3.8, 4) is 0 Å². The molecule has 1 spiro atoms. The summed E-state index contributed by atoms with van der Waals surface area (Å²) in [5.74, 6) is 1.45. The SMILES string of the molecule is CCCC=C1OC(=O)C2=C1CCC1C3C=C4C(=O)OC(=CC(CCO)Cc5ccccc5)C4(CC3)C21. The van der Waals surface area contributed by atoms with Crippen molar-refractivity contribution in [1.82, 2.24) is 0 Å². The molecular weight excluding hydrogens is 452 g/mol. The predicted molar refractivity (Wildman–Crippen MR) is 135 cm³/mol. The van der Waals surface area contributed by atoms with Crippen LogP contribution in [0.15, 0.2) is 76.8 Å². The van der Waals surface area contributed by atoms with Gasteiger partial charge in [-0.05, 0) is 80.4 Å². The average Bonchev–Trinajstić information content (AvgIpc) is 3.37. The number of allylic oxidation sites excluding steroid dienone is 5. The van der Waals surface area contributed by atoms with Gasteiger partial charge in [0, 0.05) is 29.2 Å². The number of hydrogen-bond acceptors (Lipinski definition) is 5. The Bertz CT molecular complexity index is 1200. The highest BCUT2D eigenvalue weighted by Gasteiger charge is 2.66. The summed E-state index contributed by atoms with van der Waals surface area (Å²) in [6.45, 7) is 2.18. The Balaban J connectivity index is 1.45. The molecule has 0 amide bonds. The van der Waals surface area contributed by atoms with Gasteiger partial charge in [-0.3, -0.25) is 0 Å². The quantitative estimate of drug-likeness (QED) is 0.510. The summed E-state index contributed by atoms with van der Waals surface area (Å²) in [4.78, 5) is 26.6. The average molecular weight is 487 g/mol. The molecule has 2 bridgehead atoms. The molecule has 0 radical (unpaired) electrons. The van der Waals surface area contributed by atoms with E-state index in [1.807, 2.05) is 18.2 Å². The van der Waals surface area contributed by atoms with Crippen LogP contribution in [-0.2, 0) is 25.5 Å². The van der Waals surface area contributed by atoms with Crippen LogP contribution in [0, 0.1) is 29.1 Å². The second kappa shape index (κ2) is 9.19. The highest BCUT2D eigenvalue weighted by Crippen LogP contribution is 2.68. The van der Waals surface area contributed by atoms with Crippen molar-refractivity contribution in [1.29, 1.82) is 0 Å².